The van der Waals surface area contributed by atoms with E-state index in [9.17, 15) is 9.59 Å². The van der Waals surface area contributed by atoms with Crippen molar-refractivity contribution in [3.05, 3.63) is 77.9 Å². The molecule has 0 aliphatic carbocycles. The molecule has 1 unspecified atom stereocenters. The first-order valence-electron chi connectivity index (χ1n) is 10.9. The van der Waals surface area contributed by atoms with Crippen LogP contribution in [-0.4, -0.2) is 28.7 Å². The number of benzene rings is 3. The van der Waals surface area contributed by atoms with Crippen LogP contribution in [0.2, 0.25) is 0 Å². The lowest BCUT2D eigenvalue weighted by atomic mass is 10.1. The first-order valence-corrected chi connectivity index (χ1v) is 12.6. The quantitative estimate of drug-likeness (QED) is 0.280. The number of carbonyl (C=O) groups is 2. The Kier molecular flexibility index (Phi) is 7.49. The molecule has 0 aliphatic heterocycles. The molecule has 4 rings (SSSR count). The maximum atomic E-state index is 12.7. The highest BCUT2D eigenvalue weighted by Crippen LogP contribution is 2.31. The molecule has 3 aromatic carbocycles. The van der Waals surface area contributed by atoms with E-state index in [1.807, 2.05) is 81.4 Å². The third-order valence-corrected chi connectivity index (χ3v) is 7.13. The van der Waals surface area contributed by atoms with E-state index in [0.29, 0.717) is 23.0 Å². The molecule has 2 N–H and O–H groups in total. The molecule has 8 heteroatoms. The SMILES string of the molecule is CCOc1ccc2nc(NC(=O)C(C)Sc3ccc(NC(=O)c4ccccc4C)cc3)sc2c1. The summed E-state index contributed by atoms with van der Waals surface area (Å²) in [6.07, 6.45) is 0. The number of ether oxygens (including phenoxy) is 1. The van der Waals surface area contributed by atoms with Crippen LogP contribution < -0.4 is 15.4 Å². The van der Waals surface area contributed by atoms with Crippen LogP contribution in [-0.2, 0) is 4.79 Å². The summed E-state index contributed by atoms with van der Waals surface area (Å²) in [5, 5.41) is 6.07. The highest BCUT2D eigenvalue weighted by molar-refractivity contribution is 8.00. The second-order valence-corrected chi connectivity index (χ2v) is 10.1. The van der Waals surface area contributed by atoms with Crippen molar-refractivity contribution in [2.24, 2.45) is 0 Å². The Morgan fingerprint density at radius 2 is 1.82 bits per heavy atom. The van der Waals surface area contributed by atoms with E-state index < -0.39 is 0 Å². The van der Waals surface area contributed by atoms with Gasteiger partial charge in [0.1, 0.15) is 5.75 Å². The number of hydrogen-bond donors (Lipinski definition) is 2. The van der Waals surface area contributed by atoms with Crippen LogP contribution in [0, 0.1) is 6.92 Å². The number of fused-ring (bicyclic) bond motifs is 1. The van der Waals surface area contributed by atoms with Crippen LogP contribution in [0.5, 0.6) is 5.75 Å². The van der Waals surface area contributed by atoms with Crippen LogP contribution in [0.4, 0.5) is 10.8 Å². The number of nitrogens with one attached hydrogen (secondary N) is 2. The van der Waals surface area contributed by atoms with Gasteiger partial charge in [-0.25, -0.2) is 4.98 Å². The predicted octanol–water partition coefficient (Wildman–Crippen LogP) is 6.38. The molecular formula is C26H25N3O3S2. The van der Waals surface area contributed by atoms with Crippen molar-refractivity contribution in [1.82, 2.24) is 4.98 Å². The summed E-state index contributed by atoms with van der Waals surface area (Å²) in [6, 6.07) is 20.6. The maximum absolute atomic E-state index is 12.7. The molecule has 174 valence electrons. The summed E-state index contributed by atoms with van der Waals surface area (Å²) >= 11 is 2.87. The van der Waals surface area contributed by atoms with E-state index in [2.05, 4.69) is 15.6 Å². The lowest BCUT2D eigenvalue weighted by Gasteiger charge is -2.11. The number of aromatic nitrogens is 1. The van der Waals surface area contributed by atoms with Gasteiger partial charge in [-0.2, -0.15) is 0 Å². The van der Waals surface area contributed by atoms with Gasteiger partial charge in [-0.1, -0.05) is 29.5 Å². The van der Waals surface area contributed by atoms with Crippen molar-refractivity contribution in [3.63, 3.8) is 0 Å². The van der Waals surface area contributed by atoms with Gasteiger partial charge >= 0.3 is 0 Å². The number of nitrogens with zero attached hydrogens (tertiary/aromatic N) is 1. The van der Waals surface area contributed by atoms with E-state index in [-0.39, 0.29) is 17.1 Å². The molecule has 1 heterocycles. The number of thioether (sulfide) groups is 1. The fourth-order valence-electron chi connectivity index (χ4n) is 3.32. The van der Waals surface area contributed by atoms with Crippen molar-refractivity contribution in [2.45, 2.75) is 30.9 Å². The van der Waals surface area contributed by atoms with Crippen LogP contribution in [0.1, 0.15) is 29.8 Å². The Morgan fingerprint density at radius 1 is 1.06 bits per heavy atom. The van der Waals surface area contributed by atoms with E-state index >= 15 is 0 Å². The zero-order valence-corrected chi connectivity index (χ0v) is 20.8. The summed E-state index contributed by atoms with van der Waals surface area (Å²) in [6.45, 7) is 6.31. The minimum Gasteiger partial charge on any atom is -0.494 e. The normalized spacial score (nSPS) is 11.7. The summed E-state index contributed by atoms with van der Waals surface area (Å²) in [5.41, 5.74) is 3.10. The molecule has 0 spiro atoms. The van der Waals surface area contributed by atoms with E-state index in [4.69, 9.17) is 4.74 Å². The number of rotatable bonds is 8. The second-order valence-electron chi connectivity index (χ2n) is 7.62. The third kappa shape index (κ3) is 5.76. The molecule has 1 aromatic heterocycles. The summed E-state index contributed by atoms with van der Waals surface area (Å²) < 4.78 is 6.49. The molecule has 2 amide bonds. The molecule has 0 aliphatic rings. The van der Waals surface area contributed by atoms with Crippen LogP contribution >= 0.6 is 23.1 Å². The summed E-state index contributed by atoms with van der Waals surface area (Å²) in [5.74, 6) is 0.528. The van der Waals surface area contributed by atoms with Crippen LogP contribution in [0.3, 0.4) is 0 Å². The van der Waals surface area contributed by atoms with Gasteiger partial charge in [-0.15, -0.1) is 11.8 Å². The molecule has 0 saturated heterocycles. The molecular weight excluding hydrogens is 466 g/mol. The van der Waals surface area contributed by atoms with Crippen molar-refractivity contribution >= 4 is 55.9 Å². The zero-order chi connectivity index (χ0) is 24.1. The number of thiazole rings is 1. The smallest absolute Gasteiger partial charge is 0.255 e. The Morgan fingerprint density at radius 3 is 2.56 bits per heavy atom. The molecule has 0 fully saturated rings. The predicted molar refractivity (Wildman–Crippen MR) is 140 cm³/mol. The molecule has 34 heavy (non-hydrogen) atoms. The van der Waals surface area contributed by atoms with Crippen LogP contribution in [0.25, 0.3) is 10.2 Å². The van der Waals surface area contributed by atoms with Gasteiger partial charge in [0.2, 0.25) is 5.91 Å². The number of aryl methyl sites for hydroxylation is 1. The van der Waals surface area contributed by atoms with E-state index in [1.165, 1.54) is 23.1 Å². The maximum Gasteiger partial charge on any atom is 0.255 e. The van der Waals surface area contributed by atoms with Gasteiger partial charge in [0, 0.05) is 16.1 Å². The average molecular weight is 492 g/mol. The van der Waals surface area contributed by atoms with Crippen molar-refractivity contribution in [3.8, 4) is 5.75 Å². The van der Waals surface area contributed by atoms with Crippen molar-refractivity contribution < 1.29 is 14.3 Å². The fourth-order valence-corrected chi connectivity index (χ4v) is 5.09. The number of amides is 2. The van der Waals surface area contributed by atoms with E-state index in [1.54, 1.807) is 6.07 Å². The first kappa shape index (κ1) is 23.8. The minimum absolute atomic E-state index is 0.119. The molecule has 0 radical (unpaired) electrons. The first-order chi connectivity index (χ1) is 16.4. The van der Waals surface area contributed by atoms with Gasteiger partial charge in [-0.05, 0) is 74.9 Å². The average Bonchev–Trinajstić information content (AvgIpc) is 3.22. The molecule has 0 saturated carbocycles. The molecule has 0 bridgehead atoms. The standard InChI is InChI=1S/C26H25N3O3S2/c1-4-32-19-11-14-22-23(15-19)34-26(28-22)29-24(30)17(3)33-20-12-9-18(10-13-20)27-25(31)21-8-6-5-7-16(21)2/h5-15,17H,4H2,1-3H3,(H,27,31)(H,28,29,30). The van der Waals surface area contributed by atoms with Crippen molar-refractivity contribution in [2.75, 3.05) is 17.2 Å². The monoisotopic (exact) mass is 491 g/mol. The number of anilines is 2. The second kappa shape index (κ2) is 10.7. The topological polar surface area (TPSA) is 80.3 Å². The molecule has 1 atom stereocenters. The lowest BCUT2D eigenvalue weighted by Crippen LogP contribution is -2.22. The largest absolute Gasteiger partial charge is 0.494 e. The number of hydrogen-bond acceptors (Lipinski definition) is 6. The zero-order valence-electron chi connectivity index (χ0n) is 19.1. The van der Waals surface area contributed by atoms with Crippen molar-refractivity contribution in [1.29, 1.82) is 0 Å². The van der Waals surface area contributed by atoms with Crippen LogP contribution in [0.15, 0.2) is 71.6 Å². The van der Waals surface area contributed by atoms with E-state index in [0.717, 1.165) is 26.4 Å². The third-order valence-electron chi connectivity index (χ3n) is 5.09. The Labute approximate surface area is 206 Å². The number of carbonyl (C=O) groups excluding carboxylic acids is 2. The molecule has 4 aromatic rings. The van der Waals surface area contributed by atoms with Gasteiger partial charge in [0.05, 0.1) is 22.1 Å². The fraction of sp³-hybridized carbons (Fsp3) is 0.192. The minimum atomic E-state index is -0.321. The Hall–Kier alpha value is -3.36. The van der Waals surface area contributed by atoms with Gasteiger partial charge < -0.3 is 15.4 Å². The summed E-state index contributed by atoms with van der Waals surface area (Å²) in [7, 11) is 0. The highest BCUT2D eigenvalue weighted by Gasteiger charge is 2.17. The van der Waals surface area contributed by atoms with Gasteiger partial charge in [0.25, 0.3) is 5.91 Å². The molecule has 6 nitrogen and oxygen atoms in total. The van der Waals surface area contributed by atoms with Gasteiger partial charge in [0.15, 0.2) is 5.13 Å². The Balaban J connectivity index is 1.34. The highest BCUT2D eigenvalue weighted by atomic mass is 32.2. The summed E-state index contributed by atoms with van der Waals surface area (Å²) in [4.78, 5) is 30.6. The van der Waals surface area contributed by atoms with Gasteiger partial charge in [-0.3, -0.25) is 9.59 Å². The lowest BCUT2D eigenvalue weighted by molar-refractivity contribution is -0.115. The Bertz CT molecular complexity index is 1320.